The van der Waals surface area contributed by atoms with Crippen molar-refractivity contribution < 1.29 is 29.0 Å². The Kier molecular flexibility index (Phi) is 7.47. The van der Waals surface area contributed by atoms with Crippen LogP contribution in [-0.2, 0) is 19.1 Å². The van der Waals surface area contributed by atoms with Crippen molar-refractivity contribution in [2.45, 2.75) is 31.2 Å². The van der Waals surface area contributed by atoms with Gasteiger partial charge in [0, 0.05) is 19.6 Å². The van der Waals surface area contributed by atoms with Crippen LogP contribution in [0.2, 0.25) is 0 Å². The van der Waals surface area contributed by atoms with Gasteiger partial charge < -0.3 is 25.2 Å². The molecule has 2 aliphatic rings. The smallest absolute Gasteiger partial charge is 0.407 e. The molecule has 0 spiro atoms. The molecule has 1 unspecified atom stereocenters. The number of rotatable bonds is 11. The summed E-state index contributed by atoms with van der Waals surface area (Å²) in [6.45, 7) is 0.370. The van der Waals surface area contributed by atoms with E-state index in [4.69, 9.17) is 14.6 Å². The highest BCUT2D eigenvalue weighted by Gasteiger charge is 2.34. The first-order valence-corrected chi connectivity index (χ1v) is 11.6. The van der Waals surface area contributed by atoms with Crippen molar-refractivity contribution in [2.24, 2.45) is 11.8 Å². The van der Waals surface area contributed by atoms with Gasteiger partial charge >= 0.3 is 12.1 Å². The first kappa shape index (κ1) is 23.8. The zero-order valence-corrected chi connectivity index (χ0v) is 19.2. The third-order valence-corrected chi connectivity index (χ3v) is 6.55. The van der Waals surface area contributed by atoms with E-state index in [0.717, 1.165) is 35.1 Å². The maximum Gasteiger partial charge on any atom is 0.407 e. The van der Waals surface area contributed by atoms with Gasteiger partial charge in [-0.25, -0.2) is 4.79 Å². The first-order valence-electron chi connectivity index (χ1n) is 11.6. The van der Waals surface area contributed by atoms with E-state index in [1.54, 1.807) is 0 Å². The Bertz CT molecular complexity index is 1010. The number of methoxy groups -OCH3 is 1. The molecule has 0 heterocycles. The zero-order valence-electron chi connectivity index (χ0n) is 19.2. The molecule has 2 aliphatic carbocycles. The van der Waals surface area contributed by atoms with Crippen LogP contribution in [0.3, 0.4) is 0 Å². The summed E-state index contributed by atoms with van der Waals surface area (Å²) in [4.78, 5) is 36.3. The number of carboxylic acid groups (broad SMARTS) is 1. The molecule has 0 aromatic heterocycles. The van der Waals surface area contributed by atoms with Crippen LogP contribution in [-0.4, -0.2) is 56.0 Å². The Labute approximate surface area is 198 Å². The Morgan fingerprint density at radius 2 is 1.65 bits per heavy atom. The lowest BCUT2D eigenvalue weighted by atomic mass is 9.98. The largest absolute Gasteiger partial charge is 0.481 e. The van der Waals surface area contributed by atoms with Gasteiger partial charge in [-0.1, -0.05) is 48.5 Å². The highest BCUT2D eigenvalue weighted by molar-refractivity contribution is 5.86. The molecule has 0 radical (unpaired) electrons. The third kappa shape index (κ3) is 5.56. The standard InChI is InChI=1S/C26H30N2O6/c1-33-15-23(25(31)27-13-17(12-24(29)30)16-10-11-16)28-26(32)34-14-22-20-8-4-2-6-18(20)19-7-3-5-9-21(19)22/h2-9,16-17,22-23H,10-15H2,1H3,(H,27,31)(H,28,32)(H,29,30)/t17?,23-/m0/s1. The molecular weight excluding hydrogens is 436 g/mol. The number of nitrogens with one attached hydrogen (secondary N) is 2. The second-order valence-corrected chi connectivity index (χ2v) is 8.92. The molecule has 0 saturated heterocycles. The van der Waals surface area contributed by atoms with Crippen LogP contribution >= 0.6 is 0 Å². The molecule has 180 valence electrons. The summed E-state index contributed by atoms with van der Waals surface area (Å²) in [7, 11) is 1.44. The monoisotopic (exact) mass is 466 g/mol. The number of fused-ring (bicyclic) bond motifs is 3. The van der Waals surface area contributed by atoms with Gasteiger partial charge in [-0.3, -0.25) is 9.59 Å². The lowest BCUT2D eigenvalue weighted by Crippen LogP contribution is -2.50. The summed E-state index contributed by atoms with van der Waals surface area (Å²) in [5.74, 6) is -1.17. The Morgan fingerprint density at radius 1 is 1.03 bits per heavy atom. The predicted molar refractivity (Wildman–Crippen MR) is 125 cm³/mol. The summed E-state index contributed by atoms with van der Waals surface area (Å²) >= 11 is 0. The number of hydrogen-bond acceptors (Lipinski definition) is 5. The molecule has 8 heteroatoms. The molecule has 34 heavy (non-hydrogen) atoms. The van der Waals surface area contributed by atoms with E-state index in [1.807, 2.05) is 36.4 Å². The lowest BCUT2D eigenvalue weighted by Gasteiger charge is -2.21. The van der Waals surface area contributed by atoms with Crippen molar-refractivity contribution in [2.75, 3.05) is 26.9 Å². The number of aliphatic carboxylic acids is 1. The van der Waals surface area contributed by atoms with Gasteiger partial charge in [0.25, 0.3) is 0 Å². The molecule has 2 atom stereocenters. The Balaban J connectivity index is 1.33. The lowest BCUT2D eigenvalue weighted by molar-refractivity contribution is -0.138. The molecule has 8 nitrogen and oxygen atoms in total. The topological polar surface area (TPSA) is 114 Å². The van der Waals surface area contributed by atoms with Gasteiger partial charge in [0.2, 0.25) is 5.91 Å². The second kappa shape index (κ2) is 10.7. The summed E-state index contributed by atoms with van der Waals surface area (Å²) in [5, 5.41) is 14.5. The van der Waals surface area contributed by atoms with Crippen molar-refractivity contribution in [1.29, 1.82) is 0 Å². The van der Waals surface area contributed by atoms with E-state index in [9.17, 15) is 14.4 Å². The van der Waals surface area contributed by atoms with Gasteiger partial charge in [-0.2, -0.15) is 0 Å². The zero-order chi connectivity index (χ0) is 24.1. The highest BCUT2D eigenvalue weighted by Crippen LogP contribution is 2.44. The van der Waals surface area contributed by atoms with Crippen LogP contribution in [0.25, 0.3) is 11.1 Å². The van der Waals surface area contributed by atoms with Gasteiger partial charge in [0.05, 0.1) is 13.0 Å². The van der Waals surface area contributed by atoms with E-state index < -0.39 is 24.0 Å². The minimum Gasteiger partial charge on any atom is -0.481 e. The van der Waals surface area contributed by atoms with Crippen LogP contribution in [0.5, 0.6) is 0 Å². The van der Waals surface area contributed by atoms with Crippen molar-refractivity contribution in [3.63, 3.8) is 0 Å². The Morgan fingerprint density at radius 3 is 2.21 bits per heavy atom. The van der Waals surface area contributed by atoms with Crippen LogP contribution < -0.4 is 10.6 Å². The van der Waals surface area contributed by atoms with Gasteiger partial charge in [-0.15, -0.1) is 0 Å². The van der Waals surface area contributed by atoms with E-state index in [2.05, 4.69) is 22.8 Å². The summed E-state index contributed by atoms with van der Waals surface area (Å²) in [6.07, 6.45) is 1.27. The maximum atomic E-state index is 12.7. The van der Waals surface area contributed by atoms with Crippen molar-refractivity contribution in [3.05, 3.63) is 59.7 Å². The minimum atomic E-state index is -0.940. The molecule has 4 rings (SSSR count). The second-order valence-electron chi connectivity index (χ2n) is 8.92. The van der Waals surface area contributed by atoms with Crippen LogP contribution in [0, 0.1) is 11.8 Å². The van der Waals surface area contributed by atoms with E-state index in [0.29, 0.717) is 5.92 Å². The molecule has 0 bridgehead atoms. The van der Waals surface area contributed by atoms with Gasteiger partial charge in [0.1, 0.15) is 12.6 Å². The minimum absolute atomic E-state index is 0.0136. The van der Waals surface area contributed by atoms with Gasteiger partial charge in [-0.05, 0) is 46.9 Å². The molecule has 2 aromatic rings. The summed E-state index contributed by atoms with van der Waals surface area (Å²) in [5.41, 5.74) is 4.48. The molecular formula is C26H30N2O6. The number of ether oxygens (including phenoxy) is 2. The fraction of sp³-hybridized carbons (Fsp3) is 0.423. The highest BCUT2D eigenvalue weighted by atomic mass is 16.5. The molecule has 0 aliphatic heterocycles. The number of carboxylic acids is 1. The maximum absolute atomic E-state index is 12.7. The van der Waals surface area contributed by atoms with Crippen molar-refractivity contribution in [3.8, 4) is 11.1 Å². The number of carbonyl (C=O) groups is 3. The van der Waals surface area contributed by atoms with Crippen LogP contribution in [0.15, 0.2) is 48.5 Å². The first-order chi connectivity index (χ1) is 16.5. The quantitative estimate of drug-likeness (QED) is 0.469. The number of alkyl carbamates (subject to hydrolysis) is 1. The number of carbonyl (C=O) groups excluding carboxylic acids is 2. The number of hydrogen-bond donors (Lipinski definition) is 3. The summed E-state index contributed by atoms with van der Waals surface area (Å²) < 4.78 is 10.6. The average molecular weight is 467 g/mol. The van der Waals surface area contributed by atoms with E-state index in [-0.39, 0.29) is 38.0 Å². The number of benzene rings is 2. The van der Waals surface area contributed by atoms with Crippen LogP contribution in [0.1, 0.15) is 36.3 Å². The number of amides is 2. The fourth-order valence-corrected chi connectivity index (χ4v) is 4.68. The SMILES string of the molecule is COC[C@H](NC(=O)OCC1c2ccccc2-c2ccccc21)C(=O)NCC(CC(=O)O)C1CC1. The molecule has 3 N–H and O–H groups in total. The molecule has 2 aromatic carbocycles. The third-order valence-electron chi connectivity index (χ3n) is 6.55. The van der Waals surface area contributed by atoms with Gasteiger partial charge in [0.15, 0.2) is 0 Å². The van der Waals surface area contributed by atoms with E-state index in [1.165, 1.54) is 7.11 Å². The molecule has 1 fully saturated rings. The average Bonchev–Trinajstić information content (AvgIpc) is 3.62. The van der Waals surface area contributed by atoms with E-state index >= 15 is 0 Å². The van der Waals surface area contributed by atoms with Crippen LogP contribution in [0.4, 0.5) is 4.79 Å². The van der Waals surface area contributed by atoms with Crippen molar-refractivity contribution >= 4 is 18.0 Å². The fourth-order valence-electron chi connectivity index (χ4n) is 4.68. The Hall–Kier alpha value is -3.39. The normalized spacial score (nSPS) is 16.1. The molecule has 2 amide bonds. The van der Waals surface area contributed by atoms with Crippen molar-refractivity contribution in [1.82, 2.24) is 10.6 Å². The predicted octanol–water partition coefficient (Wildman–Crippen LogP) is 3.16. The molecule has 1 saturated carbocycles. The summed E-state index contributed by atoms with van der Waals surface area (Å²) in [6, 6.07) is 15.2.